The third-order valence-corrected chi connectivity index (χ3v) is 2.11. The maximum Gasteiger partial charge on any atom is 0.407 e. The highest BCUT2D eigenvalue weighted by Crippen LogP contribution is 2.15. The first-order chi connectivity index (χ1) is 8.76. The second kappa shape index (κ2) is 6.47. The number of carbonyl (C=O) groups is 1. The van der Waals surface area contributed by atoms with E-state index in [1.165, 1.54) is 0 Å². The molecule has 0 saturated heterocycles. The zero-order valence-electron chi connectivity index (χ0n) is 11.3. The lowest BCUT2D eigenvalue weighted by Crippen LogP contribution is -2.35. The Bertz CT molecular complexity index is 426. The second-order valence-electron chi connectivity index (χ2n) is 4.96. The Morgan fingerprint density at radius 3 is 2.68 bits per heavy atom. The van der Waals surface area contributed by atoms with Crippen molar-refractivity contribution in [3.05, 3.63) is 17.3 Å². The second-order valence-corrected chi connectivity index (χ2v) is 5.35. The first kappa shape index (κ1) is 15.4. The number of aromatic nitrogens is 1. The van der Waals surface area contributed by atoms with E-state index in [-0.39, 0.29) is 0 Å². The Balaban J connectivity index is 2.29. The fourth-order valence-electron chi connectivity index (χ4n) is 1.28. The average molecular weight is 287 g/mol. The highest BCUT2D eigenvalue weighted by molar-refractivity contribution is 6.29. The van der Waals surface area contributed by atoms with Crippen LogP contribution in [-0.4, -0.2) is 29.8 Å². The number of nitrogens with one attached hydrogen (secondary N) is 2. The Morgan fingerprint density at radius 1 is 1.42 bits per heavy atom. The highest BCUT2D eigenvalue weighted by Gasteiger charge is 2.15. The van der Waals surface area contributed by atoms with Gasteiger partial charge in [-0.25, -0.2) is 9.78 Å². The van der Waals surface area contributed by atoms with Gasteiger partial charge >= 0.3 is 6.09 Å². The van der Waals surface area contributed by atoms with Crippen LogP contribution in [-0.2, 0) is 4.74 Å². The first-order valence-corrected chi connectivity index (χ1v) is 6.28. The van der Waals surface area contributed by atoms with Gasteiger partial charge in [0.2, 0.25) is 0 Å². The number of hydrogen-bond donors (Lipinski definition) is 3. The number of alkyl carbamates (subject to hydrolysis) is 1. The van der Waals surface area contributed by atoms with Crippen molar-refractivity contribution in [2.75, 3.05) is 24.1 Å². The van der Waals surface area contributed by atoms with E-state index in [0.29, 0.717) is 29.7 Å². The highest BCUT2D eigenvalue weighted by atomic mass is 35.5. The van der Waals surface area contributed by atoms with Crippen molar-refractivity contribution in [3.8, 4) is 0 Å². The van der Waals surface area contributed by atoms with E-state index in [4.69, 9.17) is 22.1 Å². The van der Waals surface area contributed by atoms with Crippen LogP contribution in [0.4, 0.5) is 16.3 Å². The molecular formula is C12H19ClN4O2. The summed E-state index contributed by atoms with van der Waals surface area (Å²) >= 11 is 5.77. The molecule has 0 atom stereocenters. The van der Waals surface area contributed by atoms with Crippen LogP contribution in [0.2, 0.25) is 5.15 Å². The minimum Gasteiger partial charge on any atom is -0.444 e. The van der Waals surface area contributed by atoms with Gasteiger partial charge in [0.05, 0.1) is 0 Å². The summed E-state index contributed by atoms with van der Waals surface area (Å²) < 4.78 is 5.09. The van der Waals surface area contributed by atoms with Gasteiger partial charge in [0.15, 0.2) is 0 Å². The van der Waals surface area contributed by atoms with Gasteiger partial charge in [-0.15, -0.1) is 0 Å². The molecule has 0 fully saturated rings. The molecule has 0 aromatic carbocycles. The van der Waals surface area contributed by atoms with Crippen molar-refractivity contribution in [1.29, 1.82) is 0 Å². The summed E-state index contributed by atoms with van der Waals surface area (Å²) in [6.07, 6.45) is -0.451. The molecule has 0 unspecified atom stereocenters. The molecule has 1 amide bonds. The van der Waals surface area contributed by atoms with E-state index in [1.807, 2.05) is 20.8 Å². The largest absolute Gasteiger partial charge is 0.444 e. The predicted molar refractivity (Wildman–Crippen MR) is 76.4 cm³/mol. The molecule has 0 spiro atoms. The number of pyridine rings is 1. The van der Waals surface area contributed by atoms with E-state index < -0.39 is 11.7 Å². The molecule has 4 N–H and O–H groups in total. The summed E-state index contributed by atoms with van der Waals surface area (Å²) in [6, 6.07) is 3.23. The van der Waals surface area contributed by atoms with Gasteiger partial charge in [-0.1, -0.05) is 11.6 Å². The van der Waals surface area contributed by atoms with Gasteiger partial charge in [-0.05, 0) is 26.8 Å². The Morgan fingerprint density at radius 2 is 2.11 bits per heavy atom. The summed E-state index contributed by atoms with van der Waals surface area (Å²) in [5.74, 6) is 0.566. The zero-order valence-corrected chi connectivity index (χ0v) is 12.0. The maximum absolute atomic E-state index is 11.4. The number of halogens is 1. The van der Waals surface area contributed by atoms with Crippen LogP contribution >= 0.6 is 11.6 Å². The minimum atomic E-state index is -0.500. The zero-order chi connectivity index (χ0) is 14.5. The summed E-state index contributed by atoms with van der Waals surface area (Å²) in [4.78, 5) is 15.4. The molecule has 0 bridgehead atoms. The van der Waals surface area contributed by atoms with Crippen LogP contribution in [0.1, 0.15) is 20.8 Å². The van der Waals surface area contributed by atoms with Crippen molar-refractivity contribution in [1.82, 2.24) is 10.3 Å². The monoisotopic (exact) mass is 286 g/mol. The normalized spacial score (nSPS) is 10.9. The quantitative estimate of drug-likeness (QED) is 0.583. The van der Waals surface area contributed by atoms with Crippen molar-refractivity contribution in [2.45, 2.75) is 26.4 Å². The van der Waals surface area contributed by atoms with Gasteiger partial charge in [-0.2, -0.15) is 0 Å². The average Bonchev–Trinajstić information content (AvgIpc) is 2.20. The summed E-state index contributed by atoms with van der Waals surface area (Å²) in [5.41, 5.74) is 5.66. The molecule has 19 heavy (non-hydrogen) atoms. The molecule has 0 aliphatic carbocycles. The van der Waals surface area contributed by atoms with Gasteiger partial charge in [-0.3, -0.25) is 0 Å². The molecule has 1 rings (SSSR count). The number of nitrogens with zero attached hydrogens (tertiary/aromatic N) is 1. The summed E-state index contributed by atoms with van der Waals surface area (Å²) in [7, 11) is 0. The fraction of sp³-hybridized carbons (Fsp3) is 0.500. The lowest BCUT2D eigenvalue weighted by Gasteiger charge is -2.19. The van der Waals surface area contributed by atoms with Gasteiger partial charge in [0.1, 0.15) is 16.6 Å². The molecule has 6 nitrogen and oxygen atoms in total. The van der Waals surface area contributed by atoms with E-state index in [1.54, 1.807) is 12.1 Å². The predicted octanol–water partition coefficient (Wildman–Crippen LogP) is 2.25. The molecule has 1 aromatic rings. The number of nitrogens with two attached hydrogens (primary N) is 1. The van der Waals surface area contributed by atoms with Crippen molar-refractivity contribution < 1.29 is 9.53 Å². The molecule has 1 aromatic heterocycles. The summed E-state index contributed by atoms with van der Waals surface area (Å²) in [6.45, 7) is 6.32. The fourth-order valence-corrected chi connectivity index (χ4v) is 1.49. The molecule has 0 radical (unpaired) electrons. The van der Waals surface area contributed by atoms with Crippen LogP contribution in [0.3, 0.4) is 0 Å². The van der Waals surface area contributed by atoms with Gasteiger partial charge in [0, 0.05) is 24.8 Å². The number of rotatable bonds is 4. The van der Waals surface area contributed by atoms with E-state index in [2.05, 4.69) is 15.6 Å². The number of carbonyl (C=O) groups excluding carboxylic acids is 1. The molecule has 0 saturated carbocycles. The third kappa shape index (κ3) is 6.71. The molecule has 7 heteroatoms. The Labute approximate surface area is 117 Å². The first-order valence-electron chi connectivity index (χ1n) is 5.90. The molecular weight excluding hydrogens is 268 g/mol. The van der Waals surface area contributed by atoms with E-state index >= 15 is 0 Å². The van der Waals surface area contributed by atoms with Gasteiger partial charge < -0.3 is 21.1 Å². The standard InChI is InChI=1S/C12H19ClN4O2/c1-12(2,3)19-11(18)16-5-4-15-10-7-8(14)6-9(13)17-10/h6-7H,4-5H2,1-3H3,(H,16,18)(H3,14,15,17). The number of hydrogen-bond acceptors (Lipinski definition) is 5. The van der Waals surface area contributed by atoms with Crippen molar-refractivity contribution in [2.24, 2.45) is 0 Å². The number of ether oxygens (including phenoxy) is 1. The molecule has 106 valence electrons. The lowest BCUT2D eigenvalue weighted by molar-refractivity contribution is 0.0530. The van der Waals surface area contributed by atoms with Crippen LogP contribution in [0.15, 0.2) is 12.1 Å². The van der Waals surface area contributed by atoms with Crippen LogP contribution in [0, 0.1) is 0 Å². The third-order valence-electron chi connectivity index (χ3n) is 1.92. The SMILES string of the molecule is CC(C)(C)OC(=O)NCCNc1cc(N)cc(Cl)n1. The van der Waals surface area contributed by atoms with Crippen molar-refractivity contribution >= 4 is 29.2 Å². The smallest absolute Gasteiger partial charge is 0.407 e. The molecule has 1 heterocycles. The minimum absolute atomic E-state index is 0.322. The number of amides is 1. The van der Waals surface area contributed by atoms with E-state index in [9.17, 15) is 4.79 Å². The Kier molecular flexibility index (Phi) is 5.23. The summed E-state index contributed by atoms with van der Waals surface area (Å²) in [5, 5.41) is 5.94. The Hall–Kier alpha value is -1.69. The van der Waals surface area contributed by atoms with Crippen LogP contribution < -0.4 is 16.4 Å². The van der Waals surface area contributed by atoms with Crippen molar-refractivity contribution in [3.63, 3.8) is 0 Å². The number of nitrogen functional groups attached to an aromatic ring is 1. The van der Waals surface area contributed by atoms with Gasteiger partial charge in [0.25, 0.3) is 0 Å². The molecule has 0 aliphatic rings. The number of anilines is 2. The topological polar surface area (TPSA) is 89.3 Å². The van der Waals surface area contributed by atoms with E-state index in [0.717, 1.165) is 0 Å². The molecule has 0 aliphatic heterocycles. The lowest BCUT2D eigenvalue weighted by atomic mass is 10.2. The van der Waals surface area contributed by atoms with Crippen LogP contribution in [0.25, 0.3) is 0 Å². The maximum atomic E-state index is 11.4. The van der Waals surface area contributed by atoms with Crippen LogP contribution in [0.5, 0.6) is 0 Å².